The molecule has 3 aromatic rings. The zero-order valence-corrected chi connectivity index (χ0v) is 18.3. The first-order valence-electron chi connectivity index (χ1n) is 10.2. The highest BCUT2D eigenvalue weighted by molar-refractivity contribution is 5.86. The third-order valence-electron chi connectivity index (χ3n) is 5.15. The second-order valence-electron chi connectivity index (χ2n) is 7.18. The number of esters is 1. The molecule has 3 heterocycles. The molecule has 0 saturated carbocycles. The van der Waals surface area contributed by atoms with Crippen molar-refractivity contribution in [3.63, 3.8) is 0 Å². The lowest BCUT2D eigenvalue weighted by Gasteiger charge is -2.24. The van der Waals surface area contributed by atoms with Gasteiger partial charge in [-0.05, 0) is 43.7 Å². The van der Waals surface area contributed by atoms with Crippen molar-refractivity contribution < 1.29 is 28.2 Å². The van der Waals surface area contributed by atoms with Crippen LogP contribution < -0.4 is 19.9 Å². The van der Waals surface area contributed by atoms with E-state index >= 15 is 0 Å². The van der Waals surface area contributed by atoms with E-state index in [0.717, 1.165) is 16.8 Å². The largest absolute Gasteiger partial charge is 0.490 e. The van der Waals surface area contributed by atoms with Crippen molar-refractivity contribution in [2.75, 3.05) is 13.7 Å². The van der Waals surface area contributed by atoms with Gasteiger partial charge in [0.1, 0.15) is 24.0 Å². The second kappa shape index (κ2) is 9.00. The van der Waals surface area contributed by atoms with Gasteiger partial charge in [-0.2, -0.15) is 5.26 Å². The summed E-state index contributed by atoms with van der Waals surface area (Å²) in [7, 11) is 1.28. The van der Waals surface area contributed by atoms with Crippen molar-refractivity contribution in [1.29, 1.82) is 5.26 Å². The van der Waals surface area contributed by atoms with Crippen molar-refractivity contribution in [1.82, 2.24) is 10.2 Å². The summed E-state index contributed by atoms with van der Waals surface area (Å²) in [5, 5.41) is 16.8. The van der Waals surface area contributed by atoms with E-state index in [9.17, 15) is 10.1 Å². The van der Waals surface area contributed by atoms with Crippen LogP contribution in [0.25, 0.3) is 0 Å². The number of methoxy groups -OCH3 is 1. The number of furan rings is 1. The van der Waals surface area contributed by atoms with E-state index in [1.54, 1.807) is 18.2 Å². The Balaban J connectivity index is 1.65. The molecule has 10 nitrogen and oxygen atoms in total. The molecule has 10 heteroatoms. The Labute approximate surface area is 189 Å². The number of H-pyrrole nitrogens is 1. The number of hydrogen-bond donors (Lipinski definition) is 2. The van der Waals surface area contributed by atoms with Gasteiger partial charge in [0.05, 0.1) is 19.6 Å². The number of nitrogens with zero attached hydrogens (tertiary/aromatic N) is 2. The molecule has 170 valence electrons. The van der Waals surface area contributed by atoms with Gasteiger partial charge in [0, 0.05) is 11.3 Å². The molecule has 4 rings (SSSR count). The van der Waals surface area contributed by atoms with E-state index in [-0.39, 0.29) is 23.8 Å². The molecule has 0 radical (unpaired) electrons. The molecule has 1 aliphatic rings. The highest BCUT2D eigenvalue weighted by Gasteiger charge is 2.34. The summed E-state index contributed by atoms with van der Waals surface area (Å²) in [6.07, 6.45) is 0. The molecule has 0 bridgehead atoms. The molecule has 33 heavy (non-hydrogen) atoms. The summed E-state index contributed by atoms with van der Waals surface area (Å²) in [6.45, 7) is 4.19. The van der Waals surface area contributed by atoms with E-state index in [4.69, 9.17) is 24.4 Å². The first kappa shape index (κ1) is 21.8. The summed E-state index contributed by atoms with van der Waals surface area (Å²) in [5.74, 6) is 0.821. The van der Waals surface area contributed by atoms with Crippen molar-refractivity contribution in [2.24, 2.45) is 5.73 Å². The number of benzene rings is 1. The zero-order chi connectivity index (χ0) is 23.5. The maximum absolute atomic E-state index is 11.6. The third kappa shape index (κ3) is 4.08. The minimum absolute atomic E-state index is 0.0130. The molecular weight excluding hydrogens is 428 g/mol. The third-order valence-corrected chi connectivity index (χ3v) is 5.15. The number of nitriles is 1. The summed E-state index contributed by atoms with van der Waals surface area (Å²) < 4.78 is 27.3. The number of carbonyl (C=O) groups excluding carboxylic acids is 1. The Morgan fingerprint density at radius 3 is 2.82 bits per heavy atom. The predicted molar refractivity (Wildman–Crippen MR) is 115 cm³/mol. The fraction of sp³-hybridized carbons (Fsp3) is 0.261. The quantitative estimate of drug-likeness (QED) is 0.518. The van der Waals surface area contributed by atoms with Crippen LogP contribution >= 0.6 is 0 Å². The number of rotatable bonds is 7. The zero-order valence-electron chi connectivity index (χ0n) is 18.3. The number of aromatic amines is 1. The number of fused-ring (bicyclic) bond motifs is 1. The lowest BCUT2D eigenvalue weighted by Crippen LogP contribution is -2.21. The summed E-state index contributed by atoms with van der Waals surface area (Å²) in [6, 6.07) is 10.7. The molecule has 0 fully saturated rings. The molecule has 0 aliphatic carbocycles. The summed E-state index contributed by atoms with van der Waals surface area (Å²) >= 11 is 0. The van der Waals surface area contributed by atoms with Crippen molar-refractivity contribution >= 4 is 5.97 Å². The Morgan fingerprint density at radius 1 is 1.27 bits per heavy atom. The van der Waals surface area contributed by atoms with Crippen LogP contribution in [0.2, 0.25) is 0 Å². The molecule has 2 aromatic heterocycles. The molecule has 1 atom stereocenters. The summed E-state index contributed by atoms with van der Waals surface area (Å²) in [4.78, 5) is 11.6. The molecule has 1 aliphatic heterocycles. The summed E-state index contributed by atoms with van der Waals surface area (Å²) in [5.41, 5.74) is 8.56. The first-order valence-corrected chi connectivity index (χ1v) is 10.2. The average molecular weight is 450 g/mol. The van der Waals surface area contributed by atoms with Crippen LogP contribution in [-0.2, 0) is 11.3 Å². The number of allylic oxidation sites excluding steroid dienone is 1. The van der Waals surface area contributed by atoms with E-state index in [1.165, 1.54) is 13.2 Å². The van der Waals surface area contributed by atoms with Gasteiger partial charge in [-0.1, -0.05) is 6.07 Å². The number of aromatic nitrogens is 2. The van der Waals surface area contributed by atoms with E-state index in [1.807, 2.05) is 19.9 Å². The Morgan fingerprint density at radius 2 is 2.09 bits per heavy atom. The highest BCUT2D eigenvalue weighted by atomic mass is 16.5. The molecule has 0 unspecified atom stereocenters. The van der Waals surface area contributed by atoms with Gasteiger partial charge in [-0.3, -0.25) is 5.10 Å². The fourth-order valence-electron chi connectivity index (χ4n) is 3.64. The van der Waals surface area contributed by atoms with Crippen molar-refractivity contribution in [3.8, 4) is 23.4 Å². The van der Waals surface area contributed by atoms with Crippen LogP contribution in [0.1, 0.15) is 46.0 Å². The number of nitrogens with one attached hydrogen (secondary N) is 1. The standard InChI is InChI=1S/C23H22N4O6/c1-4-30-18-9-13(20-15(10-24)21(25)33-22-19(20)12(2)26-27-22)5-7-16(18)31-11-14-6-8-17(32-14)23(28)29-3/h5-9,20H,4,11,25H2,1-3H3,(H,26,27)/t20-/m0/s1. The Bertz CT molecular complexity index is 1270. The topological polar surface area (TPSA) is 146 Å². The smallest absolute Gasteiger partial charge is 0.373 e. The van der Waals surface area contributed by atoms with E-state index in [2.05, 4.69) is 21.0 Å². The van der Waals surface area contributed by atoms with E-state index < -0.39 is 11.9 Å². The van der Waals surface area contributed by atoms with Gasteiger partial charge in [0.2, 0.25) is 17.5 Å². The minimum Gasteiger partial charge on any atom is -0.490 e. The molecule has 1 aromatic carbocycles. The normalized spacial score (nSPS) is 14.8. The fourth-order valence-corrected chi connectivity index (χ4v) is 3.64. The van der Waals surface area contributed by atoms with Gasteiger partial charge < -0.3 is 29.1 Å². The van der Waals surface area contributed by atoms with Crippen LogP contribution in [0.5, 0.6) is 17.4 Å². The number of carbonyl (C=O) groups is 1. The van der Waals surface area contributed by atoms with E-state index in [0.29, 0.717) is 29.7 Å². The van der Waals surface area contributed by atoms with Crippen molar-refractivity contribution in [3.05, 3.63) is 70.1 Å². The minimum atomic E-state index is -0.563. The van der Waals surface area contributed by atoms with Crippen LogP contribution in [0.4, 0.5) is 0 Å². The Hall–Kier alpha value is -4.39. The van der Waals surface area contributed by atoms with Crippen molar-refractivity contribution in [2.45, 2.75) is 26.4 Å². The molecule has 0 saturated heterocycles. The lowest BCUT2D eigenvalue weighted by molar-refractivity contribution is 0.0561. The number of ether oxygens (including phenoxy) is 4. The number of nitrogens with two attached hydrogens (primary N) is 1. The molecule has 3 N–H and O–H groups in total. The molecular formula is C23H22N4O6. The van der Waals surface area contributed by atoms with Gasteiger partial charge in [0.15, 0.2) is 11.5 Å². The maximum Gasteiger partial charge on any atom is 0.373 e. The van der Waals surface area contributed by atoms with Gasteiger partial charge >= 0.3 is 5.97 Å². The average Bonchev–Trinajstić information content (AvgIpc) is 3.44. The number of aryl methyl sites for hydroxylation is 1. The van der Waals surface area contributed by atoms with Crippen LogP contribution in [0.15, 0.2) is 46.2 Å². The Kier molecular flexibility index (Phi) is 5.95. The second-order valence-corrected chi connectivity index (χ2v) is 7.18. The molecule has 0 amide bonds. The molecule has 0 spiro atoms. The first-order chi connectivity index (χ1) is 16.0. The van der Waals surface area contributed by atoms with Gasteiger partial charge in [-0.15, -0.1) is 5.10 Å². The lowest BCUT2D eigenvalue weighted by atomic mass is 9.84. The monoisotopic (exact) mass is 450 g/mol. The SMILES string of the molecule is CCOc1cc([C@H]2C(C#N)=C(N)Oc3n[nH]c(C)c32)ccc1OCc1ccc(C(=O)OC)o1. The van der Waals surface area contributed by atoms with Crippen LogP contribution in [0.3, 0.4) is 0 Å². The van der Waals surface area contributed by atoms with Crippen LogP contribution in [-0.4, -0.2) is 29.9 Å². The number of hydrogen-bond acceptors (Lipinski definition) is 9. The van der Waals surface area contributed by atoms with Gasteiger partial charge in [-0.25, -0.2) is 4.79 Å². The maximum atomic E-state index is 11.6. The highest BCUT2D eigenvalue weighted by Crippen LogP contribution is 2.44. The predicted octanol–water partition coefficient (Wildman–Crippen LogP) is 3.29. The van der Waals surface area contributed by atoms with Crippen LogP contribution in [0, 0.1) is 18.3 Å². The van der Waals surface area contributed by atoms with Gasteiger partial charge in [0.25, 0.3) is 0 Å².